The Morgan fingerprint density at radius 2 is 1.83 bits per heavy atom. The molecule has 0 aliphatic heterocycles. The maximum atomic E-state index is 10.9. The van der Waals surface area contributed by atoms with Crippen molar-refractivity contribution in [2.24, 2.45) is 0 Å². The molecule has 0 atom stereocenters. The predicted octanol–water partition coefficient (Wildman–Crippen LogP) is 2.62. The smallest absolute Gasteiger partial charge is 0.279 e. The van der Waals surface area contributed by atoms with Gasteiger partial charge in [0.1, 0.15) is 5.69 Å². The summed E-state index contributed by atoms with van der Waals surface area (Å²) in [5, 5.41) is 0.670. The lowest BCUT2D eigenvalue weighted by atomic mass is 10.3. The summed E-state index contributed by atoms with van der Waals surface area (Å²) in [4.78, 5) is 10.9. The fourth-order valence-electron chi connectivity index (χ4n) is 0.824. The van der Waals surface area contributed by atoms with E-state index in [1.807, 2.05) is 0 Å². The van der Waals surface area contributed by atoms with Crippen LogP contribution in [-0.4, -0.2) is 11.8 Å². The summed E-state index contributed by atoms with van der Waals surface area (Å²) in [6, 6.07) is 2.89. The zero-order chi connectivity index (χ0) is 9.30. The quantitative estimate of drug-likeness (QED) is 0.567. The molecule has 0 saturated heterocycles. The van der Waals surface area contributed by atoms with Gasteiger partial charge in [-0.05, 0) is 6.07 Å². The Balaban J connectivity index is 3.33. The number of hydrogen-bond donors (Lipinski definition) is 1. The molecule has 0 bridgehead atoms. The molecular formula is C7H7Cl2N2O+. The minimum atomic E-state index is 0.321. The third-order valence-corrected chi connectivity index (χ3v) is 2.13. The number of halogens is 2. The number of nitrogen functional groups attached to an aromatic ring is 1. The molecule has 1 rings (SSSR count). The van der Waals surface area contributed by atoms with E-state index in [9.17, 15) is 4.91 Å². The van der Waals surface area contributed by atoms with Gasteiger partial charge >= 0.3 is 0 Å². The van der Waals surface area contributed by atoms with Crippen LogP contribution >= 0.6 is 23.2 Å². The van der Waals surface area contributed by atoms with Crippen LogP contribution in [0, 0.1) is 4.91 Å². The van der Waals surface area contributed by atoms with Crippen LogP contribution in [0.15, 0.2) is 12.1 Å². The van der Waals surface area contributed by atoms with E-state index in [2.05, 4.69) is 0 Å². The van der Waals surface area contributed by atoms with Crippen LogP contribution in [0.2, 0.25) is 10.0 Å². The summed E-state index contributed by atoms with van der Waals surface area (Å²) < 4.78 is 0.636. The van der Waals surface area contributed by atoms with Gasteiger partial charge in [0.25, 0.3) is 5.69 Å². The SMILES string of the molecule is C[N+](=O)c1cc(Cl)c(Cl)cc1N. The first-order valence-electron chi connectivity index (χ1n) is 3.17. The van der Waals surface area contributed by atoms with Gasteiger partial charge in [-0.25, -0.2) is 0 Å². The van der Waals surface area contributed by atoms with Crippen molar-refractivity contribution in [2.75, 3.05) is 12.8 Å². The lowest BCUT2D eigenvalue weighted by molar-refractivity contribution is -0.427. The molecule has 0 radical (unpaired) electrons. The molecule has 2 N–H and O–H groups in total. The Bertz CT molecular complexity index is 338. The van der Waals surface area contributed by atoms with E-state index < -0.39 is 0 Å². The number of nitroso groups, excluding NO2 is 1. The van der Waals surface area contributed by atoms with Crippen LogP contribution in [0.25, 0.3) is 0 Å². The van der Waals surface area contributed by atoms with Crippen molar-refractivity contribution >= 4 is 34.6 Å². The Labute approximate surface area is 79.6 Å². The first kappa shape index (κ1) is 9.29. The van der Waals surface area contributed by atoms with Gasteiger partial charge in [-0.15, -0.1) is 0 Å². The lowest BCUT2D eigenvalue weighted by Gasteiger charge is -1.97. The first-order chi connectivity index (χ1) is 5.52. The van der Waals surface area contributed by atoms with E-state index in [1.54, 1.807) is 0 Å². The molecule has 12 heavy (non-hydrogen) atoms. The summed E-state index contributed by atoms with van der Waals surface area (Å²) in [6.45, 7) is 0. The van der Waals surface area contributed by atoms with Gasteiger partial charge < -0.3 is 5.73 Å². The van der Waals surface area contributed by atoms with Crippen LogP contribution in [0.4, 0.5) is 11.4 Å². The molecule has 0 aromatic heterocycles. The Morgan fingerprint density at radius 3 is 2.33 bits per heavy atom. The number of nitrogens with two attached hydrogens (primary N) is 1. The van der Waals surface area contributed by atoms with E-state index in [0.29, 0.717) is 26.2 Å². The standard InChI is InChI=1S/C7H7Cl2N2O/c1-11(12)7-3-5(9)4(8)2-6(7)10/h2-3H,10H2,1H3/q+1. The molecule has 0 heterocycles. The minimum absolute atomic E-state index is 0.321. The van der Waals surface area contributed by atoms with Crippen molar-refractivity contribution in [1.82, 2.24) is 0 Å². The number of hydrogen-bond acceptors (Lipinski definition) is 2. The molecular weight excluding hydrogens is 199 g/mol. The van der Waals surface area contributed by atoms with E-state index in [4.69, 9.17) is 28.9 Å². The van der Waals surface area contributed by atoms with Crippen LogP contribution in [-0.2, 0) is 0 Å². The van der Waals surface area contributed by atoms with Gasteiger partial charge in [-0.3, -0.25) is 0 Å². The summed E-state index contributed by atoms with van der Waals surface area (Å²) >= 11 is 11.3. The average molecular weight is 206 g/mol. The van der Waals surface area contributed by atoms with Gasteiger partial charge in [0.05, 0.1) is 10.0 Å². The minimum Gasteiger partial charge on any atom is -0.393 e. The predicted molar refractivity (Wildman–Crippen MR) is 50.1 cm³/mol. The van der Waals surface area contributed by atoms with Crippen molar-refractivity contribution in [3.05, 3.63) is 27.1 Å². The van der Waals surface area contributed by atoms with E-state index in [0.717, 1.165) is 0 Å². The van der Waals surface area contributed by atoms with Gasteiger partial charge in [0, 0.05) is 15.7 Å². The average Bonchev–Trinajstić information content (AvgIpc) is 1.96. The molecule has 1 aromatic rings. The largest absolute Gasteiger partial charge is 0.393 e. The second-order valence-corrected chi connectivity index (χ2v) is 3.14. The van der Waals surface area contributed by atoms with Crippen LogP contribution in [0.3, 0.4) is 0 Å². The van der Waals surface area contributed by atoms with Crippen molar-refractivity contribution in [3.63, 3.8) is 0 Å². The normalized spacial score (nSPS) is 9.92. The maximum Gasteiger partial charge on any atom is 0.279 e. The van der Waals surface area contributed by atoms with Gasteiger partial charge in [-0.1, -0.05) is 23.2 Å². The van der Waals surface area contributed by atoms with E-state index >= 15 is 0 Å². The first-order valence-corrected chi connectivity index (χ1v) is 3.93. The van der Waals surface area contributed by atoms with Crippen LogP contribution in [0.1, 0.15) is 0 Å². The second kappa shape index (κ2) is 3.29. The van der Waals surface area contributed by atoms with Gasteiger partial charge in [0.15, 0.2) is 7.05 Å². The molecule has 3 nitrogen and oxygen atoms in total. The molecule has 5 heteroatoms. The molecule has 0 amide bonds. The zero-order valence-electron chi connectivity index (χ0n) is 6.34. The Kier molecular flexibility index (Phi) is 2.55. The summed E-state index contributed by atoms with van der Waals surface area (Å²) in [6.07, 6.45) is 0. The molecule has 0 saturated carbocycles. The van der Waals surface area contributed by atoms with Crippen molar-refractivity contribution in [3.8, 4) is 0 Å². The van der Waals surface area contributed by atoms with Gasteiger partial charge in [-0.2, -0.15) is 0 Å². The molecule has 0 unspecified atom stereocenters. The van der Waals surface area contributed by atoms with Crippen molar-refractivity contribution in [1.29, 1.82) is 0 Å². The lowest BCUT2D eigenvalue weighted by Crippen LogP contribution is -1.96. The van der Waals surface area contributed by atoms with Gasteiger partial charge in [0.2, 0.25) is 0 Å². The monoisotopic (exact) mass is 205 g/mol. The van der Waals surface area contributed by atoms with E-state index in [-0.39, 0.29) is 0 Å². The number of benzene rings is 1. The van der Waals surface area contributed by atoms with Crippen LogP contribution < -0.4 is 5.73 Å². The number of rotatable bonds is 1. The zero-order valence-corrected chi connectivity index (χ0v) is 7.86. The van der Waals surface area contributed by atoms with Crippen molar-refractivity contribution in [2.45, 2.75) is 0 Å². The van der Waals surface area contributed by atoms with Crippen LogP contribution in [0.5, 0.6) is 0 Å². The molecule has 64 valence electrons. The molecule has 0 aliphatic rings. The van der Waals surface area contributed by atoms with Crippen molar-refractivity contribution < 1.29 is 4.76 Å². The maximum absolute atomic E-state index is 10.9. The Hall–Kier alpha value is -0.800. The van der Waals surface area contributed by atoms with E-state index in [1.165, 1.54) is 19.2 Å². The number of anilines is 1. The summed E-state index contributed by atoms with van der Waals surface area (Å²) in [7, 11) is 1.34. The summed E-state index contributed by atoms with van der Waals surface area (Å²) in [5.74, 6) is 0. The fourth-order valence-corrected chi connectivity index (χ4v) is 1.15. The highest BCUT2D eigenvalue weighted by atomic mass is 35.5. The molecule has 0 spiro atoms. The molecule has 1 aromatic carbocycles. The highest BCUT2D eigenvalue weighted by Gasteiger charge is 2.14. The Morgan fingerprint density at radius 1 is 1.33 bits per heavy atom. The second-order valence-electron chi connectivity index (χ2n) is 2.32. The summed E-state index contributed by atoms with van der Waals surface area (Å²) in [5.41, 5.74) is 6.15. The third kappa shape index (κ3) is 1.68. The highest BCUT2D eigenvalue weighted by molar-refractivity contribution is 6.42. The molecule has 0 fully saturated rings. The third-order valence-electron chi connectivity index (χ3n) is 1.41. The number of nitrogens with zero attached hydrogens (tertiary/aromatic N) is 1. The fraction of sp³-hybridized carbons (Fsp3) is 0.143. The topological polar surface area (TPSA) is 46.1 Å². The highest BCUT2D eigenvalue weighted by Crippen LogP contribution is 2.31. The molecule has 0 aliphatic carbocycles.